The lowest BCUT2D eigenvalue weighted by Gasteiger charge is -2.31. The molecule has 26 heavy (non-hydrogen) atoms. The van der Waals surface area contributed by atoms with Crippen LogP contribution in [-0.2, 0) is 10.2 Å². The van der Waals surface area contributed by atoms with Gasteiger partial charge in [0, 0.05) is 37.6 Å². The van der Waals surface area contributed by atoms with Crippen LogP contribution in [0.2, 0.25) is 5.02 Å². The Hall–Kier alpha value is -1.02. The smallest absolute Gasteiger partial charge is 0.243 e. The molecule has 146 valence electrons. The molecule has 2 N–H and O–H groups in total. The zero-order valence-corrected chi connectivity index (χ0v) is 18.9. The summed E-state index contributed by atoms with van der Waals surface area (Å²) in [7, 11) is 3.48. The average Bonchev–Trinajstić information content (AvgIpc) is 3.07. The molecular weight excluding hydrogens is 463 g/mol. The summed E-state index contributed by atoms with van der Waals surface area (Å²) in [5.74, 6) is 0.684. The third-order valence-electron chi connectivity index (χ3n) is 4.83. The number of rotatable bonds is 6. The van der Waals surface area contributed by atoms with Crippen molar-refractivity contribution in [3.8, 4) is 0 Å². The third kappa shape index (κ3) is 6.30. The van der Waals surface area contributed by atoms with Gasteiger partial charge in [0.2, 0.25) is 5.91 Å². The van der Waals surface area contributed by atoms with Crippen molar-refractivity contribution in [1.82, 2.24) is 15.5 Å². The van der Waals surface area contributed by atoms with Crippen LogP contribution < -0.4 is 10.6 Å². The molecule has 1 aliphatic rings. The van der Waals surface area contributed by atoms with Crippen LogP contribution in [0.1, 0.15) is 38.2 Å². The van der Waals surface area contributed by atoms with E-state index in [1.165, 1.54) is 18.4 Å². The molecule has 5 nitrogen and oxygen atoms in total. The van der Waals surface area contributed by atoms with E-state index in [9.17, 15) is 4.79 Å². The summed E-state index contributed by atoms with van der Waals surface area (Å²) < 4.78 is 0. The number of aliphatic imine (C=N–C) groups is 1. The molecule has 0 aliphatic heterocycles. The van der Waals surface area contributed by atoms with E-state index >= 15 is 0 Å². The Morgan fingerprint density at radius 2 is 1.81 bits per heavy atom. The second-order valence-electron chi connectivity index (χ2n) is 6.83. The number of hydrogen-bond donors (Lipinski definition) is 2. The Labute approximate surface area is 179 Å². The molecule has 1 aromatic rings. The van der Waals surface area contributed by atoms with Gasteiger partial charge >= 0.3 is 0 Å². The zero-order valence-electron chi connectivity index (χ0n) is 15.8. The normalized spacial score (nSPS) is 15.9. The lowest BCUT2D eigenvalue weighted by atomic mass is 9.79. The Balaban J connectivity index is 0.00000338. The number of hydrogen-bond acceptors (Lipinski definition) is 2. The van der Waals surface area contributed by atoms with Crippen molar-refractivity contribution in [2.45, 2.75) is 38.0 Å². The molecule has 1 aliphatic carbocycles. The molecule has 2 rings (SSSR count). The van der Waals surface area contributed by atoms with Crippen LogP contribution >= 0.6 is 35.6 Å². The molecule has 7 heteroatoms. The van der Waals surface area contributed by atoms with Crippen molar-refractivity contribution >= 4 is 47.4 Å². The van der Waals surface area contributed by atoms with Gasteiger partial charge < -0.3 is 15.5 Å². The summed E-state index contributed by atoms with van der Waals surface area (Å²) in [6.45, 7) is 3.73. The highest BCUT2D eigenvalue weighted by atomic mass is 127. The van der Waals surface area contributed by atoms with E-state index in [-0.39, 0.29) is 41.8 Å². The highest BCUT2D eigenvalue weighted by molar-refractivity contribution is 14.0. The maximum absolute atomic E-state index is 11.8. The highest BCUT2D eigenvalue weighted by Crippen LogP contribution is 2.40. The minimum absolute atomic E-state index is 0. The molecule has 0 unspecified atom stereocenters. The minimum Gasteiger partial charge on any atom is -0.357 e. The van der Waals surface area contributed by atoms with E-state index in [1.54, 1.807) is 19.0 Å². The summed E-state index contributed by atoms with van der Waals surface area (Å²) in [5.41, 5.74) is 1.42. The standard InChI is InChI=1S/C19H29ClN4O.HI/c1-4-21-18(22-13-17(25)24(2)3)23-14-19(11-5-6-12-19)15-7-9-16(20)10-8-15;/h7-10H,4-6,11-14H2,1-3H3,(H2,21,22,23);1H. The number of nitrogens with one attached hydrogen (secondary N) is 2. The number of likely N-dealkylation sites (N-methyl/N-ethyl adjacent to an activating group) is 1. The van der Waals surface area contributed by atoms with Crippen molar-refractivity contribution in [3.63, 3.8) is 0 Å². The van der Waals surface area contributed by atoms with Gasteiger partial charge in [-0.3, -0.25) is 4.79 Å². The summed E-state index contributed by atoms with van der Waals surface area (Å²) >= 11 is 6.05. The first-order chi connectivity index (χ1) is 12.0. The van der Waals surface area contributed by atoms with Gasteiger partial charge in [0.25, 0.3) is 0 Å². The van der Waals surface area contributed by atoms with Gasteiger partial charge in [-0.1, -0.05) is 36.6 Å². The molecule has 0 aromatic heterocycles. The van der Waals surface area contributed by atoms with Crippen LogP contribution in [0.3, 0.4) is 0 Å². The second kappa shape index (κ2) is 11.0. The average molecular weight is 493 g/mol. The van der Waals surface area contributed by atoms with Crippen molar-refractivity contribution in [2.24, 2.45) is 4.99 Å². The largest absolute Gasteiger partial charge is 0.357 e. The van der Waals surface area contributed by atoms with Crippen LogP contribution in [0.25, 0.3) is 0 Å². The SMILES string of the molecule is CCNC(=NCC(=O)N(C)C)NCC1(c2ccc(Cl)cc2)CCCC1.I. The molecule has 0 saturated heterocycles. The summed E-state index contributed by atoms with van der Waals surface area (Å²) in [6.07, 6.45) is 4.77. The fraction of sp³-hybridized carbons (Fsp3) is 0.579. The zero-order chi connectivity index (χ0) is 18.3. The fourth-order valence-corrected chi connectivity index (χ4v) is 3.43. The number of nitrogens with zero attached hydrogens (tertiary/aromatic N) is 2. The predicted octanol–water partition coefficient (Wildman–Crippen LogP) is 3.41. The van der Waals surface area contributed by atoms with Crippen molar-refractivity contribution < 1.29 is 4.79 Å². The number of carbonyl (C=O) groups is 1. The second-order valence-corrected chi connectivity index (χ2v) is 7.27. The molecule has 0 atom stereocenters. The predicted molar refractivity (Wildman–Crippen MR) is 120 cm³/mol. The number of amides is 1. The van der Waals surface area contributed by atoms with Crippen LogP contribution in [0.15, 0.2) is 29.3 Å². The monoisotopic (exact) mass is 492 g/mol. The molecule has 1 fully saturated rings. The quantitative estimate of drug-likeness (QED) is 0.363. The third-order valence-corrected chi connectivity index (χ3v) is 5.08. The Morgan fingerprint density at radius 1 is 1.19 bits per heavy atom. The lowest BCUT2D eigenvalue weighted by Crippen LogP contribution is -2.45. The van der Waals surface area contributed by atoms with Crippen molar-refractivity contribution in [2.75, 3.05) is 33.7 Å². The summed E-state index contributed by atoms with van der Waals surface area (Å²) in [4.78, 5) is 17.8. The van der Waals surface area contributed by atoms with E-state index in [0.29, 0.717) is 5.96 Å². The Morgan fingerprint density at radius 3 is 2.35 bits per heavy atom. The van der Waals surface area contributed by atoms with E-state index in [4.69, 9.17) is 11.6 Å². The first kappa shape index (κ1) is 23.0. The maximum Gasteiger partial charge on any atom is 0.243 e. The van der Waals surface area contributed by atoms with Gasteiger partial charge in [0.1, 0.15) is 6.54 Å². The van der Waals surface area contributed by atoms with Crippen LogP contribution in [0.4, 0.5) is 0 Å². The Bertz CT molecular complexity index is 598. The maximum atomic E-state index is 11.8. The van der Waals surface area contributed by atoms with Gasteiger partial charge in [-0.15, -0.1) is 24.0 Å². The van der Waals surface area contributed by atoms with Gasteiger partial charge in [-0.25, -0.2) is 4.99 Å². The van der Waals surface area contributed by atoms with Crippen LogP contribution in [-0.4, -0.2) is 50.5 Å². The number of carbonyl (C=O) groups excluding carboxylic acids is 1. The van der Waals surface area contributed by atoms with E-state index in [0.717, 1.165) is 31.0 Å². The first-order valence-electron chi connectivity index (χ1n) is 8.95. The van der Waals surface area contributed by atoms with Crippen LogP contribution in [0.5, 0.6) is 0 Å². The van der Waals surface area contributed by atoms with Crippen molar-refractivity contribution in [1.29, 1.82) is 0 Å². The molecule has 0 spiro atoms. The van der Waals surface area contributed by atoms with Crippen LogP contribution in [0, 0.1) is 0 Å². The van der Waals surface area contributed by atoms with Gasteiger partial charge in [-0.05, 0) is 37.5 Å². The fourth-order valence-electron chi connectivity index (χ4n) is 3.31. The molecular formula is C19H30ClIN4O. The molecule has 1 amide bonds. The van der Waals surface area contributed by atoms with Gasteiger partial charge in [0.15, 0.2) is 5.96 Å². The van der Waals surface area contributed by atoms with Gasteiger partial charge in [-0.2, -0.15) is 0 Å². The molecule has 0 heterocycles. The number of guanidine groups is 1. The van der Waals surface area contributed by atoms with Gasteiger partial charge in [0.05, 0.1) is 0 Å². The number of benzene rings is 1. The van der Waals surface area contributed by atoms with E-state index < -0.39 is 0 Å². The number of halogens is 2. The molecule has 1 aromatic carbocycles. The van der Waals surface area contributed by atoms with E-state index in [1.807, 2.05) is 19.1 Å². The highest BCUT2D eigenvalue weighted by Gasteiger charge is 2.35. The van der Waals surface area contributed by atoms with Crippen molar-refractivity contribution in [3.05, 3.63) is 34.9 Å². The molecule has 1 saturated carbocycles. The Kier molecular flexibility index (Phi) is 9.71. The minimum atomic E-state index is -0.00881. The first-order valence-corrected chi connectivity index (χ1v) is 9.33. The molecule has 0 radical (unpaired) electrons. The topological polar surface area (TPSA) is 56.7 Å². The van der Waals surface area contributed by atoms with E-state index in [2.05, 4.69) is 27.8 Å². The summed E-state index contributed by atoms with van der Waals surface area (Å²) in [5, 5.41) is 7.44. The lowest BCUT2D eigenvalue weighted by molar-refractivity contribution is -0.127. The molecule has 0 bridgehead atoms. The summed E-state index contributed by atoms with van der Waals surface area (Å²) in [6, 6.07) is 8.20.